The summed E-state index contributed by atoms with van der Waals surface area (Å²) < 4.78 is 1.01. The summed E-state index contributed by atoms with van der Waals surface area (Å²) in [4.78, 5) is 0. The molecule has 0 spiro atoms. The molecule has 0 aliphatic carbocycles. The Bertz CT molecular complexity index is 336. The van der Waals surface area contributed by atoms with Gasteiger partial charge in [0.25, 0.3) is 0 Å². The molecule has 0 aromatic heterocycles. The van der Waals surface area contributed by atoms with Crippen molar-refractivity contribution in [2.24, 2.45) is 0 Å². The molecule has 0 aliphatic heterocycles. The third-order valence-corrected chi connectivity index (χ3v) is 2.77. The molecule has 0 atom stereocenters. The van der Waals surface area contributed by atoms with Crippen LogP contribution in [-0.4, -0.2) is 13.1 Å². The van der Waals surface area contributed by atoms with E-state index in [0.717, 1.165) is 34.6 Å². The van der Waals surface area contributed by atoms with Crippen LogP contribution in [0.5, 0.6) is 0 Å². The fourth-order valence-electron chi connectivity index (χ4n) is 1.18. The molecule has 0 fully saturated rings. The van der Waals surface area contributed by atoms with Crippen molar-refractivity contribution in [2.45, 2.75) is 13.3 Å². The van der Waals surface area contributed by atoms with Gasteiger partial charge in [0.1, 0.15) is 0 Å². The molecular weight excluding hydrogens is 273 g/mol. The van der Waals surface area contributed by atoms with Crippen LogP contribution in [-0.2, 0) is 0 Å². The number of hydrogen-bond donors (Lipinski definition) is 1. The highest BCUT2D eigenvalue weighted by Gasteiger charge is 1.96. The zero-order chi connectivity index (χ0) is 11.1. The lowest BCUT2D eigenvalue weighted by atomic mass is 10.2. The lowest BCUT2D eigenvalue weighted by molar-refractivity contribution is 0.730. The molecule has 0 radical (unpaired) electrons. The first-order chi connectivity index (χ1) is 7.24. The van der Waals surface area contributed by atoms with E-state index in [1.54, 1.807) is 0 Å². The Morgan fingerprint density at radius 3 is 2.93 bits per heavy atom. The first-order valence-corrected chi connectivity index (χ1v) is 6.23. The van der Waals surface area contributed by atoms with Crippen molar-refractivity contribution in [2.75, 3.05) is 13.1 Å². The van der Waals surface area contributed by atoms with Crippen molar-refractivity contribution in [1.82, 2.24) is 5.32 Å². The highest BCUT2D eigenvalue weighted by molar-refractivity contribution is 9.10. The van der Waals surface area contributed by atoms with E-state index in [9.17, 15) is 0 Å². The molecule has 0 saturated heterocycles. The largest absolute Gasteiger partial charge is 0.313 e. The highest BCUT2D eigenvalue weighted by atomic mass is 79.9. The molecule has 0 amide bonds. The third-order valence-electron chi connectivity index (χ3n) is 1.95. The van der Waals surface area contributed by atoms with Gasteiger partial charge in [-0.3, -0.25) is 0 Å². The van der Waals surface area contributed by atoms with Crippen LogP contribution in [0, 0.1) is 0 Å². The Labute approximate surface area is 105 Å². The van der Waals surface area contributed by atoms with Gasteiger partial charge in [-0.1, -0.05) is 52.7 Å². The summed E-state index contributed by atoms with van der Waals surface area (Å²) in [5.41, 5.74) is 1.05. The topological polar surface area (TPSA) is 12.0 Å². The Morgan fingerprint density at radius 1 is 1.47 bits per heavy atom. The molecule has 15 heavy (non-hydrogen) atoms. The Morgan fingerprint density at radius 2 is 2.27 bits per heavy atom. The average molecular weight is 289 g/mol. The van der Waals surface area contributed by atoms with Crippen LogP contribution in [0.3, 0.4) is 0 Å². The van der Waals surface area contributed by atoms with E-state index < -0.39 is 0 Å². The monoisotopic (exact) mass is 287 g/mol. The van der Waals surface area contributed by atoms with Gasteiger partial charge in [-0.05, 0) is 30.7 Å². The summed E-state index contributed by atoms with van der Waals surface area (Å²) >= 11 is 9.45. The summed E-state index contributed by atoms with van der Waals surface area (Å²) in [5, 5.41) is 4.07. The minimum atomic E-state index is 0.774. The highest BCUT2D eigenvalue weighted by Crippen LogP contribution is 2.22. The minimum absolute atomic E-state index is 0.774. The van der Waals surface area contributed by atoms with Crippen molar-refractivity contribution in [3.63, 3.8) is 0 Å². The molecule has 0 heterocycles. The van der Waals surface area contributed by atoms with Crippen molar-refractivity contribution in [1.29, 1.82) is 0 Å². The second kappa shape index (κ2) is 7.04. The van der Waals surface area contributed by atoms with Crippen LogP contribution in [0.2, 0.25) is 5.02 Å². The molecule has 1 nitrogen and oxygen atoms in total. The van der Waals surface area contributed by atoms with E-state index in [1.807, 2.05) is 24.3 Å². The van der Waals surface area contributed by atoms with Gasteiger partial charge in [0.05, 0.1) is 0 Å². The summed E-state index contributed by atoms with van der Waals surface area (Å²) in [6.45, 7) is 4.10. The Kier molecular flexibility index (Phi) is 5.99. The summed E-state index contributed by atoms with van der Waals surface area (Å²) in [6.07, 6.45) is 5.29. The van der Waals surface area contributed by atoms with Crippen molar-refractivity contribution >= 4 is 33.6 Å². The van der Waals surface area contributed by atoms with E-state index in [0.29, 0.717) is 0 Å². The quantitative estimate of drug-likeness (QED) is 0.804. The standard InChI is InChI=1S/C12H15BrClN/c1-2-7-15-8-3-4-10-5-6-11(13)9-12(10)14/h3-6,9,15H,2,7-8H2,1H3/b4-3+. The maximum absolute atomic E-state index is 6.07. The normalized spacial score (nSPS) is 11.1. The van der Waals surface area contributed by atoms with Gasteiger partial charge in [-0.15, -0.1) is 0 Å². The van der Waals surface area contributed by atoms with E-state index in [4.69, 9.17) is 11.6 Å². The lowest BCUT2D eigenvalue weighted by Gasteiger charge is -1.99. The van der Waals surface area contributed by atoms with Gasteiger partial charge in [-0.25, -0.2) is 0 Å². The molecule has 1 aromatic rings. The second-order valence-corrected chi connectivity index (χ2v) is 4.60. The summed E-state index contributed by atoms with van der Waals surface area (Å²) in [7, 11) is 0. The van der Waals surface area contributed by atoms with Crippen LogP contribution >= 0.6 is 27.5 Å². The summed E-state index contributed by atoms with van der Waals surface area (Å²) in [6, 6.07) is 5.90. The predicted molar refractivity (Wildman–Crippen MR) is 71.3 cm³/mol. The molecule has 0 saturated carbocycles. The van der Waals surface area contributed by atoms with E-state index in [2.05, 4.69) is 34.2 Å². The average Bonchev–Trinajstić information content (AvgIpc) is 2.20. The molecule has 1 rings (SSSR count). The SMILES string of the molecule is CCCNC/C=C/c1ccc(Br)cc1Cl. The molecule has 1 N–H and O–H groups in total. The van der Waals surface area contributed by atoms with Gasteiger partial charge in [0, 0.05) is 16.0 Å². The van der Waals surface area contributed by atoms with E-state index in [-0.39, 0.29) is 0 Å². The molecule has 0 unspecified atom stereocenters. The molecule has 3 heteroatoms. The molecule has 1 aromatic carbocycles. The fraction of sp³-hybridized carbons (Fsp3) is 0.333. The van der Waals surface area contributed by atoms with Gasteiger partial charge in [-0.2, -0.15) is 0 Å². The predicted octanol–water partition coefficient (Wildman–Crippen LogP) is 4.12. The van der Waals surface area contributed by atoms with Gasteiger partial charge < -0.3 is 5.32 Å². The zero-order valence-electron chi connectivity index (χ0n) is 8.76. The number of hydrogen-bond acceptors (Lipinski definition) is 1. The van der Waals surface area contributed by atoms with Gasteiger partial charge in [0.15, 0.2) is 0 Å². The maximum atomic E-state index is 6.07. The van der Waals surface area contributed by atoms with Gasteiger partial charge in [0.2, 0.25) is 0 Å². The number of benzene rings is 1. The molecule has 82 valence electrons. The minimum Gasteiger partial charge on any atom is -0.313 e. The Hall–Kier alpha value is -0.310. The smallest absolute Gasteiger partial charge is 0.0489 e. The second-order valence-electron chi connectivity index (χ2n) is 3.27. The van der Waals surface area contributed by atoms with Crippen LogP contribution in [0.4, 0.5) is 0 Å². The van der Waals surface area contributed by atoms with E-state index >= 15 is 0 Å². The van der Waals surface area contributed by atoms with Crippen molar-refractivity contribution in [3.05, 3.63) is 39.3 Å². The maximum Gasteiger partial charge on any atom is 0.0489 e. The van der Waals surface area contributed by atoms with Crippen LogP contribution in [0.15, 0.2) is 28.7 Å². The first-order valence-electron chi connectivity index (χ1n) is 5.06. The number of nitrogens with one attached hydrogen (secondary N) is 1. The first kappa shape index (κ1) is 12.8. The number of rotatable bonds is 5. The zero-order valence-corrected chi connectivity index (χ0v) is 11.1. The van der Waals surface area contributed by atoms with Crippen LogP contribution in [0.25, 0.3) is 6.08 Å². The fourth-order valence-corrected chi connectivity index (χ4v) is 1.92. The molecule has 0 bridgehead atoms. The van der Waals surface area contributed by atoms with Crippen LogP contribution in [0.1, 0.15) is 18.9 Å². The van der Waals surface area contributed by atoms with Gasteiger partial charge >= 0.3 is 0 Å². The van der Waals surface area contributed by atoms with Crippen molar-refractivity contribution in [3.8, 4) is 0 Å². The molecule has 0 aliphatic rings. The van der Waals surface area contributed by atoms with Crippen molar-refractivity contribution < 1.29 is 0 Å². The lowest BCUT2D eigenvalue weighted by Crippen LogP contribution is -2.13. The van der Waals surface area contributed by atoms with E-state index in [1.165, 1.54) is 0 Å². The summed E-state index contributed by atoms with van der Waals surface area (Å²) in [5.74, 6) is 0. The Balaban J connectivity index is 2.49. The third kappa shape index (κ3) is 4.83. The number of halogens is 2. The molecular formula is C12H15BrClN. The van der Waals surface area contributed by atoms with Crippen LogP contribution < -0.4 is 5.32 Å².